The number of carbonyl (C=O) groups is 1. The van der Waals surface area contributed by atoms with E-state index in [9.17, 15) is 13.2 Å². The maximum Gasteiger partial charge on any atom is 0.278 e. The van der Waals surface area contributed by atoms with Crippen molar-refractivity contribution in [2.45, 2.75) is 102 Å². The highest BCUT2D eigenvalue weighted by Crippen LogP contribution is 2.51. The number of nitrogen functional groups attached to an aromatic ring is 1. The topological polar surface area (TPSA) is 136 Å². The Labute approximate surface area is 269 Å². The van der Waals surface area contributed by atoms with Gasteiger partial charge in [-0.25, -0.2) is 18.4 Å². The molecule has 0 radical (unpaired) electrons. The van der Waals surface area contributed by atoms with Crippen LogP contribution in [0.2, 0.25) is 0 Å². The average molecular weight is 638 g/mol. The third-order valence-electron chi connectivity index (χ3n) is 8.12. The SMILES string of the molecule is CC.CC.CNCc1cccc2c1OCCCCCCC(C)CC1(CC1)S(=O)(=O)c1ccc(cc1)-c1cnc(N)c(n1)C(=O)N2. The van der Waals surface area contributed by atoms with Gasteiger partial charge in [0.15, 0.2) is 21.3 Å². The maximum absolute atomic E-state index is 13.6. The lowest BCUT2D eigenvalue weighted by Gasteiger charge is -2.21. The first-order chi connectivity index (χ1) is 21.7. The van der Waals surface area contributed by atoms with Crippen LogP contribution in [-0.2, 0) is 16.4 Å². The number of amides is 1. The van der Waals surface area contributed by atoms with Crippen LogP contribution in [0.4, 0.5) is 11.5 Å². The predicted molar refractivity (Wildman–Crippen MR) is 183 cm³/mol. The first-order valence-corrected chi connectivity index (χ1v) is 17.9. The Morgan fingerprint density at radius 1 is 1.02 bits per heavy atom. The molecule has 1 aliphatic carbocycles. The number of nitrogens with two attached hydrogens (primary N) is 1. The van der Waals surface area contributed by atoms with Crippen LogP contribution in [0.3, 0.4) is 0 Å². The summed E-state index contributed by atoms with van der Waals surface area (Å²) >= 11 is 0. The minimum Gasteiger partial charge on any atom is -0.491 e. The maximum atomic E-state index is 13.6. The number of ether oxygens (including phenoxy) is 1. The second-order valence-corrected chi connectivity index (χ2v) is 13.7. The number of nitrogens with zero attached hydrogens (tertiary/aromatic N) is 2. The van der Waals surface area contributed by atoms with Gasteiger partial charge in [-0.15, -0.1) is 0 Å². The van der Waals surface area contributed by atoms with Crippen molar-refractivity contribution >= 4 is 27.2 Å². The van der Waals surface area contributed by atoms with Crippen LogP contribution in [0.15, 0.2) is 53.6 Å². The van der Waals surface area contributed by atoms with E-state index in [0.717, 1.165) is 37.7 Å². The number of benzene rings is 2. The van der Waals surface area contributed by atoms with Crippen molar-refractivity contribution in [3.05, 3.63) is 59.9 Å². The van der Waals surface area contributed by atoms with Gasteiger partial charge in [-0.05, 0) is 56.8 Å². The van der Waals surface area contributed by atoms with Crippen molar-refractivity contribution in [3.8, 4) is 17.0 Å². The van der Waals surface area contributed by atoms with Crippen LogP contribution >= 0.6 is 0 Å². The number of para-hydroxylation sites is 1. The van der Waals surface area contributed by atoms with E-state index in [2.05, 4.69) is 27.5 Å². The van der Waals surface area contributed by atoms with Gasteiger partial charge in [0.2, 0.25) is 0 Å². The number of aromatic nitrogens is 2. The largest absolute Gasteiger partial charge is 0.491 e. The van der Waals surface area contributed by atoms with E-state index in [1.54, 1.807) is 30.3 Å². The van der Waals surface area contributed by atoms with Gasteiger partial charge in [-0.1, -0.05) is 84.6 Å². The average Bonchev–Trinajstić information content (AvgIpc) is 3.84. The number of hydrogen-bond acceptors (Lipinski definition) is 8. The summed E-state index contributed by atoms with van der Waals surface area (Å²) in [7, 11) is -1.60. The minimum absolute atomic E-state index is 0.00134. The molecule has 1 aromatic heterocycles. The van der Waals surface area contributed by atoms with Gasteiger partial charge in [0.1, 0.15) is 5.75 Å². The highest BCUT2D eigenvalue weighted by molar-refractivity contribution is 7.93. The molecule has 0 saturated heterocycles. The van der Waals surface area contributed by atoms with Crippen LogP contribution in [0.1, 0.15) is 102 Å². The molecular weight excluding hydrogens is 586 g/mol. The second-order valence-electron chi connectivity index (χ2n) is 11.3. The Kier molecular flexibility index (Phi) is 13.4. The Morgan fingerprint density at radius 2 is 1.71 bits per heavy atom. The molecule has 1 amide bonds. The van der Waals surface area contributed by atoms with Gasteiger partial charge in [-0.2, -0.15) is 0 Å². The van der Waals surface area contributed by atoms with Crippen LogP contribution < -0.4 is 21.1 Å². The summed E-state index contributed by atoms with van der Waals surface area (Å²) in [5.41, 5.74) is 8.60. The van der Waals surface area contributed by atoms with E-state index in [-0.39, 0.29) is 11.5 Å². The molecule has 10 heteroatoms. The Balaban J connectivity index is 0.00000133. The summed E-state index contributed by atoms with van der Waals surface area (Å²) < 4.78 is 32.8. The normalized spacial score (nSPS) is 19.1. The number of sulfone groups is 1. The molecule has 1 spiro atoms. The monoisotopic (exact) mass is 637 g/mol. The van der Waals surface area contributed by atoms with Gasteiger partial charge in [0.05, 0.1) is 33.8 Å². The van der Waals surface area contributed by atoms with Gasteiger partial charge >= 0.3 is 0 Å². The van der Waals surface area contributed by atoms with Crippen LogP contribution in [0, 0.1) is 5.92 Å². The Morgan fingerprint density at radius 3 is 2.38 bits per heavy atom. The summed E-state index contributed by atoms with van der Waals surface area (Å²) in [4.78, 5) is 22.4. The molecule has 1 fully saturated rings. The van der Waals surface area contributed by atoms with Gasteiger partial charge < -0.3 is 21.1 Å². The van der Waals surface area contributed by atoms with E-state index in [1.165, 1.54) is 6.20 Å². The molecule has 9 nitrogen and oxygen atoms in total. The molecular formula is C35H51N5O4S. The highest BCUT2D eigenvalue weighted by atomic mass is 32.2. The van der Waals surface area contributed by atoms with Crippen molar-refractivity contribution in [2.75, 3.05) is 24.7 Å². The van der Waals surface area contributed by atoms with Crippen LogP contribution in [-0.4, -0.2) is 42.7 Å². The number of carbonyl (C=O) groups excluding carboxylic acids is 1. The van der Waals surface area contributed by atoms with Crippen molar-refractivity contribution < 1.29 is 17.9 Å². The lowest BCUT2D eigenvalue weighted by atomic mass is 9.97. The fourth-order valence-electron chi connectivity index (χ4n) is 5.71. The van der Waals surface area contributed by atoms with Crippen molar-refractivity contribution in [2.24, 2.45) is 5.92 Å². The zero-order valence-corrected chi connectivity index (χ0v) is 28.6. The summed E-state index contributed by atoms with van der Waals surface area (Å²) in [6, 6.07) is 12.3. The lowest BCUT2D eigenvalue weighted by molar-refractivity contribution is 0.102. The van der Waals surface area contributed by atoms with E-state index >= 15 is 0 Å². The lowest BCUT2D eigenvalue weighted by Crippen LogP contribution is -2.26. The Hall–Kier alpha value is -3.50. The van der Waals surface area contributed by atoms with E-state index in [0.29, 0.717) is 65.9 Å². The standard InChI is InChI=1S/C31H39N5O4S.2C2H6/c1-21-8-5-3-4-6-17-40-28-23(19-33-2)9-7-10-25(28)36-30(37)27-29(32)34-20-26(35-27)22-11-13-24(14-12-22)41(38,39)31(18-21)15-16-31;2*1-2/h7,9-14,20-21,33H,3-6,8,15-19H2,1-2H3,(H2,32,34)(H,36,37);2*1-2H3. The molecule has 3 aromatic rings. The van der Waals surface area contributed by atoms with Crippen molar-refractivity contribution in [3.63, 3.8) is 0 Å². The highest BCUT2D eigenvalue weighted by Gasteiger charge is 2.55. The summed E-state index contributed by atoms with van der Waals surface area (Å²) in [6.07, 6.45) is 8.61. The van der Waals surface area contributed by atoms with Gasteiger partial charge in [-0.3, -0.25) is 4.79 Å². The number of rotatable bonds is 2. The fourth-order valence-corrected chi connectivity index (χ4v) is 7.84. The van der Waals surface area contributed by atoms with Crippen molar-refractivity contribution in [1.82, 2.24) is 15.3 Å². The predicted octanol–water partition coefficient (Wildman–Crippen LogP) is 7.43. The summed E-state index contributed by atoms with van der Waals surface area (Å²) in [5.74, 6) is 0.455. The zero-order valence-electron chi connectivity index (χ0n) is 27.8. The molecule has 4 bridgehead atoms. The molecule has 1 unspecified atom stereocenters. The number of anilines is 2. The first kappa shape index (κ1) is 36.0. The molecule has 3 aliphatic rings. The molecule has 6 rings (SSSR count). The first-order valence-electron chi connectivity index (χ1n) is 16.4. The van der Waals surface area contributed by atoms with Crippen LogP contribution in [0.25, 0.3) is 11.3 Å². The quantitative estimate of drug-likeness (QED) is 0.264. The number of nitrogens with one attached hydrogen (secondary N) is 2. The molecule has 1 atom stereocenters. The molecule has 2 aliphatic heterocycles. The smallest absolute Gasteiger partial charge is 0.278 e. The zero-order chi connectivity index (χ0) is 33.0. The molecule has 246 valence electrons. The van der Waals surface area contributed by atoms with E-state index < -0.39 is 20.5 Å². The third-order valence-corrected chi connectivity index (χ3v) is 10.7. The summed E-state index contributed by atoms with van der Waals surface area (Å²) in [6.45, 7) is 11.3. The van der Waals surface area contributed by atoms with Gasteiger partial charge in [0, 0.05) is 17.7 Å². The third kappa shape index (κ3) is 8.61. The van der Waals surface area contributed by atoms with Crippen molar-refractivity contribution in [1.29, 1.82) is 0 Å². The van der Waals surface area contributed by atoms with Gasteiger partial charge in [0.25, 0.3) is 5.91 Å². The molecule has 1 saturated carbocycles. The van der Waals surface area contributed by atoms with E-state index in [4.69, 9.17) is 10.5 Å². The van der Waals surface area contributed by atoms with Crippen LogP contribution in [0.5, 0.6) is 5.75 Å². The minimum atomic E-state index is -3.47. The number of fused-ring (bicyclic) bond motifs is 11. The Bertz CT molecular complexity index is 1500. The molecule has 3 heterocycles. The number of hydrogen-bond donors (Lipinski definition) is 3. The fraction of sp³-hybridized carbons (Fsp3) is 0.514. The second kappa shape index (κ2) is 16.7. The summed E-state index contributed by atoms with van der Waals surface area (Å²) in [5, 5.41) is 6.07. The molecule has 45 heavy (non-hydrogen) atoms. The van der Waals surface area contributed by atoms with E-state index in [1.807, 2.05) is 46.9 Å². The molecule has 2 aromatic carbocycles. The molecule has 4 N–H and O–H groups in total.